The molecule has 1 N–H and O–H groups in total. The molecule has 6 heteroatoms. The molecule has 1 heterocycles. The molecule has 3 rings (SSSR count). The van der Waals surface area contributed by atoms with E-state index in [1.165, 1.54) is 0 Å². The molecule has 0 saturated carbocycles. The molecule has 1 saturated heterocycles. The second-order valence-corrected chi connectivity index (χ2v) is 8.83. The van der Waals surface area contributed by atoms with Crippen molar-refractivity contribution in [3.8, 4) is 0 Å². The maximum Gasteiger partial charge on any atom is 0.240 e. The van der Waals surface area contributed by atoms with Crippen LogP contribution in [-0.2, 0) is 10.0 Å². The van der Waals surface area contributed by atoms with Crippen LogP contribution in [0.15, 0.2) is 59.5 Å². The van der Waals surface area contributed by atoms with Gasteiger partial charge >= 0.3 is 0 Å². The van der Waals surface area contributed by atoms with Gasteiger partial charge in [0.2, 0.25) is 10.0 Å². The predicted molar refractivity (Wildman–Crippen MR) is 109 cm³/mol. The minimum Gasteiger partial charge on any atom is -0.301 e. The minimum absolute atomic E-state index is 0.0322. The van der Waals surface area contributed by atoms with Gasteiger partial charge in [-0.05, 0) is 36.7 Å². The fraction of sp³-hybridized carbons (Fsp3) is 0.429. The summed E-state index contributed by atoms with van der Waals surface area (Å²) in [4.78, 5) is 5.14. The van der Waals surface area contributed by atoms with Gasteiger partial charge in [0.1, 0.15) is 0 Å². The van der Waals surface area contributed by atoms with Gasteiger partial charge in [-0.1, -0.05) is 49.4 Å². The Hall–Kier alpha value is -1.73. The van der Waals surface area contributed by atoms with Gasteiger partial charge in [0.15, 0.2) is 0 Å². The second kappa shape index (κ2) is 8.97. The Labute approximate surface area is 163 Å². The molecule has 0 spiro atoms. The van der Waals surface area contributed by atoms with Gasteiger partial charge in [-0.15, -0.1) is 0 Å². The number of nitrogens with zero attached hydrogens (tertiary/aromatic N) is 2. The minimum atomic E-state index is -3.53. The first-order valence-corrected chi connectivity index (χ1v) is 11.1. The van der Waals surface area contributed by atoms with E-state index in [2.05, 4.69) is 33.6 Å². The van der Waals surface area contributed by atoms with Crippen LogP contribution in [0.4, 0.5) is 0 Å². The van der Waals surface area contributed by atoms with Crippen LogP contribution in [0.5, 0.6) is 0 Å². The summed E-state index contributed by atoms with van der Waals surface area (Å²) in [6.07, 6.45) is 0. The fourth-order valence-corrected chi connectivity index (χ4v) is 4.72. The number of nitrogens with one attached hydrogen (secondary N) is 1. The lowest BCUT2D eigenvalue weighted by Crippen LogP contribution is -2.49. The van der Waals surface area contributed by atoms with Crippen molar-refractivity contribution >= 4 is 10.0 Å². The van der Waals surface area contributed by atoms with E-state index in [0.717, 1.165) is 43.9 Å². The van der Waals surface area contributed by atoms with Crippen LogP contribution in [0.2, 0.25) is 0 Å². The predicted octanol–water partition coefficient (Wildman–Crippen LogP) is 2.65. The van der Waals surface area contributed by atoms with Crippen LogP contribution in [0.25, 0.3) is 0 Å². The van der Waals surface area contributed by atoms with Crippen molar-refractivity contribution in [1.29, 1.82) is 0 Å². The summed E-state index contributed by atoms with van der Waals surface area (Å²) < 4.78 is 28.4. The van der Waals surface area contributed by atoms with Gasteiger partial charge in [-0.2, -0.15) is 0 Å². The molecule has 146 valence electrons. The third-order valence-corrected chi connectivity index (χ3v) is 6.67. The quantitative estimate of drug-likeness (QED) is 0.794. The Balaban J connectivity index is 1.76. The maximum atomic E-state index is 12.8. The Morgan fingerprint density at radius 1 is 1.00 bits per heavy atom. The van der Waals surface area contributed by atoms with Gasteiger partial charge in [0, 0.05) is 38.8 Å². The lowest BCUT2D eigenvalue weighted by atomic mass is 10.0. The molecule has 5 nitrogen and oxygen atoms in total. The topological polar surface area (TPSA) is 52.6 Å². The van der Waals surface area contributed by atoms with Crippen molar-refractivity contribution in [3.63, 3.8) is 0 Å². The normalized spacial score (nSPS) is 17.7. The van der Waals surface area contributed by atoms with E-state index in [4.69, 9.17) is 0 Å². The number of benzene rings is 2. The Morgan fingerprint density at radius 3 is 2.33 bits per heavy atom. The largest absolute Gasteiger partial charge is 0.301 e. The molecule has 27 heavy (non-hydrogen) atoms. The highest BCUT2D eigenvalue weighted by molar-refractivity contribution is 7.89. The molecule has 0 aliphatic carbocycles. The number of sulfonamides is 1. The van der Waals surface area contributed by atoms with E-state index in [1.807, 2.05) is 31.2 Å². The highest BCUT2D eigenvalue weighted by Crippen LogP contribution is 2.22. The monoisotopic (exact) mass is 387 g/mol. The maximum absolute atomic E-state index is 12.8. The molecular weight excluding hydrogens is 358 g/mol. The van der Waals surface area contributed by atoms with Gasteiger partial charge in [-0.3, -0.25) is 4.90 Å². The average Bonchev–Trinajstić information content (AvgIpc) is 2.69. The fourth-order valence-electron chi connectivity index (χ4n) is 3.58. The molecule has 0 bridgehead atoms. The number of likely N-dealkylation sites (N-methyl/N-ethyl adjacent to an activating group) is 1. The Kier molecular flexibility index (Phi) is 6.65. The van der Waals surface area contributed by atoms with E-state index >= 15 is 0 Å². The first-order valence-electron chi connectivity index (χ1n) is 9.57. The standard InChI is InChI=1S/C21H29N3O2S/c1-3-23-12-14-24(15-13-23)21(19-9-5-4-6-10-19)17-22-27(25,26)20-11-7-8-18(2)16-20/h4-11,16,21-22H,3,12-15,17H2,1-2H3. The number of hydrogen-bond donors (Lipinski definition) is 1. The zero-order valence-corrected chi connectivity index (χ0v) is 17.0. The molecule has 1 aliphatic rings. The summed E-state index contributed by atoms with van der Waals surface area (Å²) in [5.41, 5.74) is 2.09. The lowest BCUT2D eigenvalue weighted by Gasteiger charge is -2.39. The summed E-state index contributed by atoms with van der Waals surface area (Å²) >= 11 is 0. The van der Waals surface area contributed by atoms with Crippen LogP contribution in [0, 0.1) is 6.92 Å². The van der Waals surface area contributed by atoms with E-state index in [-0.39, 0.29) is 6.04 Å². The molecule has 2 aromatic rings. The number of rotatable bonds is 7. The molecule has 2 aromatic carbocycles. The first kappa shape index (κ1) is 20.0. The van der Waals surface area contributed by atoms with E-state index in [9.17, 15) is 8.42 Å². The van der Waals surface area contributed by atoms with Crippen molar-refractivity contribution in [1.82, 2.24) is 14.5 Å². The van der Waals surface area contributed by atoms with Gasteiger partial charge in [-0.25, -0.2) is 13.1 Å². The number of piperazine rings is 1. The molecule has 1 aliphatic heterocycles. The summed E-state index contributed by atoms with van der Waals surface area (Å²) in [6.45, 7) is 9.43. The molecule has 0 radical (unpaired) electrons. The van der Waals surface area contributed by atoms with Gasteiger partial charge in [0.25, 0.3) is 0 Å². The highest BCUT2D eigenvalue weighted by Gasteiger charge is 2.26. The zero-order chi connectivity index (χ0) is 19.3. The molecule has 0 aromatic heterocycles. The smallest absolute Gasteiger partial charge is 0.240 e. The molecule has 1 atom stereocenters. The van der Waals surface area contributed by atoms with E-state index in [0.29, 0.717) is 11.4 Å². The van der Waals surface area contributed by atoms with Crippen LogP contribution in [0.3, 0.4) is 0 Å². The number of aryl methyl sites for hydroxylation is 1. The summed E-state index contributed by atoms with van der Waals surface area (Å²) in [5, 5.41) is 0. The van der Waals surface area contributed by atoms with Crippen LogP contribution < -0.4 is 4.72 Å². The van der Waals surface area contributed by atoms with Crippen molar-refractivity contribution in [2.45, 2.75) is 24.8 Å². The first-order chi connectivity index (χ1) is 13.0. The summed E-state index contributed by atoms with van der Waals surface area (Å²) in [6, 6.07) is 17.3. The summed E-state index contributed by atoms with van der Waals surface area (Å²) in [5.74, 6) is 0. The Morgan fingerprint density at radius 2 is 1.70 bits per heavy atom. The molecular formula is C21H29N3O2S. The summed E-state index contributed by atoms with van der Waals surface area (Å²) in [7, 11) is -3.53. The van der Waals surface area contributed by atoms with Crippen molar-refractivity contribution in [3.05, 3.63) is 65.7 Å². The van der Waals surface area contributed by atoms with Crippen LogP contribution in [0.1, 0.15) is 24.1 Å². The lowest BCUT2D eigenvalue weighted by molar-refractivity contribution is 0.100. The Bertz CT molecular complexity index is 832. The van der Waals surface area contributed by atoms with Gasteiger partial charge < -0.3 is 4.90 Å². The van der Waals surface area contributed by atoms with Crippen molar-refractivity contribution in [2.24, 2.45) is 0 Å². The second-order valence-electron chi connectivity index (χ2n) is 7.07. The van der Waals surface area contributed by atoms with E-state index < -0.39 is 10.0 Å². The van der Waals surface area contributed by atoms with Crippen LogP contribution in [-0.4, -0.2) is 57.5 Å². The molecule has 1 unspecified atom stereocenters. The van der Waals surface area contributed by atoms with Gasteiger partial charge in [0.05, 0.1) is 4.90 Å². The van der Waals surface area contributed by atoms with Crippen LogP contribution >= 0.6 is 0 Å². The molecule has 0 amide bonds. The third kappa shape index (κ3) is 5.17. The third-order valence-electron chi connectivity index (χ3n) is 5.25. The SMILES string of the molecule is CCN1CCN(C(CNS(=O)(=O)c2cccc(C)c2)c2ccccc2)CC1. The average molecular weight is 388 g/mol. The zero-order valence-electron chi connectivity index (χ0n) is 16.1. The number of hydrogen-bond acceptors (Lipinski definition) is 4. The van der Waals surface area contributed by atoms with E-state index in [1.54, 1.807) is 18.2 Å². The highest BCUT2D eigenvalue weighted by atomic mass is 32.2. The molecule has 1 fully saturated rings. The van der Waals surface area contributed by atoms with Crippen molar-refractivity contribution in [2.75, 3.05) is 39.3 Å². The van der Waals surface area contributed by atoms with Crippen molar-refractivity contribution < 1.29 is 8.42 Å².